The Morgan fingerprint density at radius 3 is 2.59 bits per heavy atom. The van der Waals surface area contributed by atoms with Gasteiger partial charge in [0.15, 0.2) is 0 Å². The number of rotatable bonds is 2. The Bertz CT molecular complexity index is 722. The average Bonchev–Trinajstić information content (AvgIpc) is 2.95. The zero-order chi connectivity index (χ0) is 15.7. The number of carbonyl (C=O) groups excluding carboxylic acids is 1. The van der Waals surface area contributed by atoms with E-state index in [1.807, 2.05) is 11.0 Å². The summed E-state index contributed by atoms with van der Waals surface area (Å²) in [5.41, 5.74) is 1.49. The Labute approximate surface area is 148 Å². The minimum atomic E-state index is -0.101. The molecule has 2 aromatic rings. The van der Waals surface area contributed by atoms with Gasteiger partial charge < -0.3 is 4.90 Å². The lowest BCUT2D eigenvalue weighted by Gasteiger charge is -2.25. The maximum atomic E-state index is 12.7. The van der Waals surface area contributed by atoms with Gasteiger partial charge in [-0.3, -0.25) is 4.79 Å². The number of nitrogens with zero attached hydrogens (tertiary/aromatic N) is 1. The van der Waals surface area contributed by atoms with Gasteiger partial charge in [0.05, 0.1) is 0 Å². The smallest absolute Gasteiger partial charge is 0.255 e. The summed E-state index contributed by atoms with van der Waals surface area (Å²) in [7, 11) is 0. The second-order valence-electron chi connectivity index (χ2n) is 4.90. The van der Waals surface area contributed by atoms with Crippen molar-refractivity contribution in [2.45, 2.75) is 5.37 Å². The summed E-state index contributed by atoms with van der Waals surface area (Å²) in [5.74, 6) is 0.833. The Morgan fingerprint density at radius 1 is 1.09 bits per heavy atom. The van der Waals surface area contributed by atoms with Crippen molar-refractivity contribution in [2.75, 3.05) is 12.3 Å². The van der Waals surface area contributed by atoms with Crippen LogP contribution >= 0.6 is 46.6 Å². The lowest BCUT2D eigenvalue weighted by molar-refractivity contribution is 0.0760. The van der Waals surface area contributed by atoms with Gasteiger partial charge >= 0.3 is 0 Å². The first-order chi connectivity index (χ1) is 10.6. The van der Waals surface area contributed by atoms with Crippen molar-refractivity contribution in [1.29, 1.82) is 0 Å². The first-order valence-electron chi connectivity index (χ1n) is 6.69. The first-order valence-corrected chi connectivity index (χ1v) is 8.87. The minimum Gasteiger partial charge on any atom is -0.322 e. The van der Waals surface area contributed by atoms with Crippen molar-refractivity contribution in [2.24, 2.45) is 0 Å². The Kier molecular flexibility index (Phi) is 4.88. The molecule has 6 heteroatoms. The third kappa shape index (κ3) is 3.23. The first kappa shape index (κ1) is 16.0. The van der Waals surface area contributed by atoms with Gasteiger partial charge in [0.25, 0.3) is 5.91 Å². The molecule has 2 nitrogen and oxygen atoms in total. The van der Waals surface area contributed by atoms with E-state index in [9.17, 15) is 4.79 Å². The molecule has 1 atom stereocenters. The second kappa shape index (κ2) is 6.71. The molecule has 0 aliphatic carbocycles. The van der Waals surface area contributed by atoms with Crippen LogP contribution in [-0.4, -0.2) is 23.1 Å². The van der Waals surface area contributed by atoms with Crippen LogP contribution in [0.1, 0.15) is 21.3 Å². The number of amides is 1. The average molecular weight is 373 g/mol. The molecule has 1 amide bonds. The van der Waals surface area contributed by atoms with Crippen LogP contribution < -0.4 is 0 Å². The fraction of sp³-hybridized carbons (Fsp3) is 0.188. The zero-order valence-corrected chi connectivity index (χ0v) is 14.5. The highest BCUT2D eigenvalue weighted by atomic mass is 35.5. The minimum absolute atomic E-state index is 0.0384. The Hall–Kier alpha value is -0.870. The van der Waals surface area contributed by atoms with E-state index in [1.54, 1.807) is 48.2 Å². The zero-order valence-electron chi connectivity index (χ0n) is 11.4. The quantitative estimate of drug-likeness (QED) is 0.690. The Balaban J connectivity index is 1.91. The SMILES string of the molecule is O=C(c1cccc(Cl)c1)N1CCS[C@H]1c1ccc(Cl)cc1Cl. The molecule has 1 fully saturated rings. The lowest BCUT2D eigenvalue weighted by atomic mass is 10.1. The molecule has 0 spiro atoms. The summed E-state index contributed by atoms with van der Waals surface area (Å²) in [6.45, 7) is 0.680. The number of hydrogen-bond donors (Lipinski definition) is 0. The molecule has 1 aliphatic rings. The van der Waals surface area contributed by atoms with Gasteiger partial charge in [-0.05, 0) is 30.3 Å². The summed E-state index contributed by atoms with van der Waals surface area (Å²) in [6, 6.07) is 12.4. The summed E-state index contributed by atoms with van der Waals surface area (Å²) in [6.07, 6.45) is 0. The molecule has 1 aliphatic heterocycles. The highest BCUT2D eigenvalue weighted by Gasteiger charge is 2.32. The van der Waals surface area contributed by atoms with Gasteiger partial charge in [0.2, 0.25) is 0 Å². The number of carbonyl (C=O) groups is 1. The molecule has 1 saturated heterocycles. The normalized spacial score (nSPS) is 17.8. The van der Waals surface area contributed by atoms with E-state index in [0.29, 0.717) is 27.2 Å². The lowest BCUT2D eigenvalue weighted by Crippen LogP contribution is -2.30. The molecular formula is C16H12Cl3NOS. The Morgan fingerprint density at radius 2 is 1.86 bits per heavy atom. The topological polar surface area (TPSA) is 20.3 Å². The maximum absolute atomic E-state index is 12.7. The van der Waals surface area contributed by atoms with Crippen molar-refractivity contribution in [3.8, 4) is 0 Å². The molecule has 0 saturated carbocycles. The van der Waals surface area contributed by atoms with Crippen LogP contribution in [0.4, 0.5) is 0 Å². The molecule has 3 rings (SSSR count). The van der Waals surface area contributed by atoms with Gasteiger partial charge in [-0.15, -0.1) is 11.8 Å². The van der Waals surface area contributed by atoms with Crippen molar-refractivity contribution in [3.63, 3.8) is 0 Å². The van der Waals surface area contributed by atoms with E-state index >= 15 is 0 Å². The standard InChI is InChI=1S/C16H12Cl3NOS/c17-11-3-1-2-10(8-11)15(21)20-6-7-22-16(20)13-5-4-12(18)9-14(13)19/h1-5,8-9,16H,6-7H2/t16-/m0/s1. The summed E-state index contributed by atoms with van der Waals surface area (Å²) >= 11 is 19.9. The van der Waals surface area contributed by atoms with E-state index in [0.717, 1.165) is 11.3 Å². The van der Waals surface area contributed by atoms with Crippen LogP contribution in [0.3, 0.4) is 0 Å². The van der Waals surface area contributed by atoms with Crippen molar-refractivity contribution >= 4 is 52.5 Å². The number of halogens is 3. The fourth-order valence-corrected chi connectivity index (χ4v) is 4.48. The van der Waals surface area contributed by atoms with Crippen LogP contribution in [0.25, 0.3) is 0 Å². The second-order valence-corrected chi connectivity index (χ2v) is 7.37. The molecule has 0 aromatic heterocycles. The van der Waals surface area contributed by atoms with Crippen LogP contribution in [0.15, 0.2) is 42.5 Å². The molecule has 0 radical (unpaired) electrons. The predicted octanol–water partition coefficient (Wildman–Crippen LogP) is 5.53. The molecule has 0 N–H and O–H groups in total. The van der Waals surface area contributed by atoms with Crippen LogP contribution in [0.5, 0.6) is 0 Å². The molecule has 0 unspecified atom stereocenters. The predicted molar refractivity (Wildman–Crippen MR) is 94.1 cm³/mol. The molecular weight excluding hydrogens is 361 g/mol. The van der Waals surface area contributed by atoms with Gasteiger partial charge in [-0.25, -0.2) is 0 Å². The van der Waals surface area contributed by atoms with E-state index in [4.69, 9.17) is 34.8 Å². The molecule has 1 heterocycles. The van der Waals surface area contributed by atoms with Gasteiger partial charge in [0.1, 0.15) is 5.37 Å². The molecule has 22 heavy (non-hydrogen) atoms. The summed E-state index contributed by atoms with van der Waals surface area (Å²) in [4.78, 5) is 14.6. The van der Waals surface area contributed by atoms with Gasteiger partial charge in [-0.2, -0.15) is 0 Å². The number of hydrogen-bond acceptors (Lipinski definition) is 2. The van der Waals surface area contributed by atoms with Crippen molar-refractivity contribution in [3.05, 3.63) is 68.7 Å². The van der Waals surface area contributed by atoms with Crippen LogP contribution in [0, 0.1) is 0 Å². The van der Waals surface area contributed by atoms with E-state index in [-0.39, 0.29) is 11.3 Å². The van der Waals surface area contributed by atoms with Crippen LogP contribution in [-0.2, 0) is 0 Å². The molecule has 0 bridgehead atoms. The fourth-order valence-electron chi connectivity index (χ4n) is 2.42. The summed E-state index contributed by atoms with van der Waals surface area (Å²) in [5, 5.41) is 1.62. The maximum Gasteiger partial charge on any atom is 0.255 e. The molecule has 114 valence electrons. The third-order valence-electron chi connectivity index (χ3n) is 3.45. The highest BCUT2D eigenvalue weighted by molar-refractivity contribution is 7.99. The summed E-state index contributed by atoms with van der Waals surface area (Å²) < 4.78 is 0. The number of benzene rings is 2. The van der Waals surface area contributed by atoms with E-state index in [2.05, 4.69) is 0 Å². The van der Waals surface area contributed by atoms with Crippen LogP contribution in [0.2, 0.25) is 15.1 Å². The number of thioether (sulfide) groups is 1. The monoisotopic (exact) mass is 371 g/mol. The highest BCUT2D eigenvalue weighted by Crippen LogP contribution is 2.42. The van der Waals surface area contributed by atoms with E-state index in [1.165, 1.54) is 0 Å². The largest absolute Gasteiger partial charge is 0.322 e. The van der Waals surface area contributed by atoms with Gasteiger partial charge in [0, 0.05) is 38.5 Å². The third-order valence-corrected chi connectivity index (χ3v) is 5.49. The van der Waals surface area contributed by atoms with E-state index < -0.39 is 0 Å². The molecule has 2 aromatic carbocycles. The van der Waals surface area contributed by atoms with Gasteiger partial charge in [-0.1, -0.05) is 46.9 Å². The van der Waals surface area contributed by atoms with Crippen molar-refractivity contribution in [1.82, 2.24) is 4.90 Å². The van der Waals surface area contributed by atoms with Crippen molar-refractivity contribution < 1.29 is 4.79 Å².